The summed E-state index contributed by atoms with van der Waals surface area (Å²) >= 11 is 0. The number of benzene rings is 2. The lowest BCUT2D eigenvalue weighted by Gasteiger charge is -2.19. The zero-order valence-corrected chi connectivity index (χ0v) is 12.0. The highest BCUT2D eigenvalue weighted by Gasteiger charge is 2.14. The average Bonchev–Trinajstić information content (AvgIpc) is 2.53. The van der Waals surface area contributed by atoms with Crippen LogP contribution in [0.4, 0.5) is 4.39 Å². The van der Waals surface area contributed by atoms with Crippen molar-refractivity contribution in [2.45, 2.75) is 19.0 Å². The first-order valence-electron chi connectivity index (χ1n) is 6.69. The standard InChI is InChI=1S/C17H17FN2O/c1-12(13-5-9-16(21-2)10-6-13)20-17(11-19)14-3-7-15(18)8-4-14/h3-10,12,17,20H,1-2H3/t12-,17+/m0/s1. The molecule has 0 unspecified atom stereocenters. The molecular weight excluding hydrogens is 267 g/mol. The molecule has 0 saturated heterocycles. The molecule has 0 fully saturated rings. The molecule has 0 aliphatic rings. The third-order valence-corrected chi connectivity index (χ3v) is 3.36. The summed E-state index contributed by atoms with van der Waals surface area (Å²) < 4.78 is 18.1. The Balaban J connectivity index is 2.10. The molecule has 2 aromatic rings. The molecular formula is C17H17FN2O. The SMILES string of the molecule is COc1ccc([C@H](C)N[C@H](C#N)c2ccc(F)cc2)cc1. The van der Waals surface area contributed by atoms with Crippen molar-refractivity contribution in [3.63, 3.8) is 0 Å². The Morgan fingerprint density at radius 3 is 2.14 bits per heavy atom. The van der Waals surface area contributed by atoms with Gasteiger partial charge in [-0.3, -0.25) is 5.32 Å². The minimum Gasteiger partial charge on any atom is -0.497 e. The van der Waals surface area contributed by atoms with Crippen LogP contribution in [0.3, 0.4) is 0 Å². The second-order valence-corrected chi connectivity index (χ2v) is 4.78. The van der Waals surface area contributed by atoms with Crippen molar-refractivity contribution in [1.82, 2.24) is 5.32 Å². The predicted octanol–water partition coefficient (Wildman–Crippen LogP) is 3.75. The van der Waals surface area contributed by atoms with Crippen LogP contribution in [0, 0.1) is 17.1 Å². The van der Waals surface area contributed by atoms with E-state index >= 15 is 0 Å². The van der Waals surface area contributed by atoms with E-state index in [0.29, 0.717) is 0 Å². The quantitative estimate of drug-likeness (QED) is 0.909. The first-order chi connectivity index (χ1) is 10.1. The van der Waals surface area contributed by atoms with E-state index in [0.717, 1.165) is 16.9 Å². The number of methoxy groups -OCH3 is 1. The average molecular weight is 284 g/mol. The Bertz CT molecular complexity index is 617. The lowest BCUT2D eigenvalue weighted by atomic mass is 10.0. The van der Waals surface area contributed by atoms with Crippen LogP contribution in [0.15, 0.2) is 48.5 Å². The molecule has 1 N–H and O–H groups in total. The third kappa shape index (κ3) is 3.80. The summed E-state index contributed by atoms with van der Waals surface area (Å²) in [5.41, 5.74) is 1.80. The number of rotatable bonds is 5. The molecule has 0 aliphatic heterocycles. The van der Waals surface area contributed by atoms with Gasteiger partial charge in [0.1, 0.15) is 17.6 Å². The maximum Gasteiger partial charge on any atom is 0.123 e. The Kier molecular flexibility index (Phi) is 4.91. The van der Waals surface area contributed by atoms with Crippen LogP contribution >= 0.6 is 0 Å². The van der Waals surface area contributed by atoms with Crippen molar-refractivity contribution < 1.29 is 9.13 Å². The van der Waals surface area contributed by atoms with E-state index in [1.54, 1.807) is 19.2 Å². The summed E-state index contributed by atoms with van der Waals surface area (Å²) in [7, 11) is 1.62. The van der Waals surface area contributed by atoms with Crippen molar-refractivity contribution in [3.8, 4) is 11.8 Å². The molecule has 0 spiro atoms. The zero-order chi connectivity index (χ0) is 15.2. The second kappa shape index (κ2) is 6.87. The molecule has 0 radical (unpaired) electrons. The monoisotopic (exact) mass is 284 g/mol. The fourth-order valence-electron chi connectivity index (χ4n) is 2.10. The number of ether oxygens (including phenoxy) is 1. The molecule has 0 aliphatic carbocycles. The van der Waals surface area contributed by atoms with Crippen LogP contribution in [-0.2, 0) is 0 Å². The molecule has 2 aromatic carbocycles. The maximum absolute atomic E-state index is 12.9. The van der Waals surface area contributed by atoms with Gasteiger partial charge in [-0.1, -0.05) is 24.3 Å². The van der Waals surface area contributed by atoms with E-state index in [1.165, 1.54) is 12.1 Å². The van der Waals surface area contributed by atoms with Gasteiger partial charge in [0.2, 0.25) is 0 Å². The van der Waals surface area contributed by atoms with Crippen LogP contribution < -0.4 is 10.1 Å². The molecule has 3 nitrogen and oxygen atoms in total. The summed E-state index contributed by atoms with van der Waals surface area (Å²) in [6.07, 6.45) is 0. The number of nitrogens with one attached hydrogen (secondary N) is 1. The lowest BCUT2D eigenvalue weighted by Crippen LogP contribution is -2.23. The molecule has 4 heteroatoms. The van der Waals surface area contributed by atoms with Gasteiger partial charge in [0, 0.05) is 6.04 Å². The second-order valence-electron chi connectivity index (χ2n) is 4.78. The minimum atomic E-state index is -0.484. The van der Waals surface area contributed by atoms with Crippen molar-refractivity contribution in [2.24, 2.45) is 0 Å². The van der Waals surface area contributed by atoms with Gasteiger partial charge in [0.15, 0.2) is 0 Å². The highest BCUT2D eigenvalue weighted by Crippen LogP contribution is 2.21. The van der Waals surface area contributed by atoms with Gasteiger partial charge >= 0.3 is 0 Å². The maximum atomic E-state index is 12.9. The zero-order valence-electron chi connectivity index (χ0n) is 12.0. The number of nitriles is 1. The molecule has 0 bridgehead atoms. The van der Waals surface area contributed by atoms with Crippen molar-refractivity contribution in [1.29, 1.82) is 5.26 Å². The van der Waals surface area contributed by atoms with E-state index in [2.05, 4.69) is 11.4 Å². The third-order valence-electron chi connectivity index (χ3n) is 3.36. The van der Waals surface area contributed by atoms with E-state index < -0.39 is 6.04 Å². The Morgan fingerprint density at radius 2 is 1.62 bits per heavy atom. The molecule has 0 aromatic heterocycles. The molecule has 0 saturated carbocycles. The van der Waals surface area contributed by atoms with Crippen LogP contribution in [0.25, 0.3) is 0 Å². The largest absolute Gasteiger partial charge is 0.497 e. The van der Waals surface area contributed by atoms with Gasteiger partial charge in [0.25, 0.3) is 0 Å². The first kappa shape index (κ1) is 15.0. The smallest absolute Gasteiger partial charge is 0.123 e. The van der Waals surface area contributed by atoms with E-state index in [9.17, 15) is 9.65 Å². The van der Waals surface area contributed by atoms with Crippen LogP contribution in [0.2, 0.25) is 0 Å². The molecule has 2 atom stereocenters. The summed E-state index contributed by atoms with van der Waals surface area (Å²) in [5, 5.41) is 12.5. The predicted molar refractivity (Wildman–Crippen MR) is 79.3 cm³/mol. The Hall–Kier alpha value is -2.38. The van der Waals surface area contributed by atoms with Crippen molar-refractivity contribution >= 4 is 0 Å². The molecule has 108 valence electrons. The van der Waals surface area contributed by atoms with Gasteiger partial charge in [-0.2, -0.15) is 5.26 Å². The lowest BCUT2D eigenvalue weighted by molar-refractivity contribution is 0.414. The van der Waals surface area contributed by atoms with E-state index in [-0.39, 0.29) is 11.9 Å². The summed E-state index contributed by atoms with van der Waals surface area (Å²) in [6, 6.07) is 15.3. The van der Waals surface area contributed by atoms with Crippen molar-refractivity contribution in [2.75, 3.05) is 7.11 Å². The highest BCUT2D eigenvalue weighted by atomic mass is 19.1. The van der Waals surface area contributed by atoms with Crippen molar-refractivity contribution in [3.05, 3.63) is 65.5 Å². The molecule has 0 heterocycles. The molecule has 21 heavy (non-hydrogen) atoms. The van der Waals surface area contributed by atoms with Crippen LogP contribution in [0.5, 0.6) is 5.75 Å². The normalized spacial score (nSPS) is 13.2. The summed E-state index contributed by atoms with van der Waals surface area (Å²) in [5.74, 6) is 0.486. The summed E-state index contributed by atoms with van der Waals surface area (Å²) in [4.78, 5) is 0. The van der Waals surface area contributed by atoms with Gasteiger partial charge in [-0.25, -0.2) is 4.39 Å². The number of nitrogens with zero attached hydrogens (tertiary/aromatic N) is 1. The van der Waals surface area contributed by atoms with Gasteiger partial charge in [-0.15, -0.1) is 0 Å². The highest BCUT2D eigenvalue weighted by molar-refractivity contribution is 5.30. The number of hydrogen-bond acceptors (Lipinski definition) is 3. The van der Waals surface area contributed by atoms with Gasteiger partial charge < -0.3 is 4.74 Å². The fraction of sp³-hybridized carbons (Fsp3) is 0.235. The number of hydrogen-bond donors (Lipinski definition) is 1. The van der Waals surface area contributed by atoms with E-state index in [4.69, 9.17) is 4.74 Å². The van der Waals surface area contributed by atoms with E-state index in [1.807, 2.05) is 31.2 Å². The first-order valence-corrected chi connectivity index (χ1v) is 6.69. The van der Waals surface area contributed by atoms with Gasteiger partial charge in [0.05, 0.1) is 13.2 Å². The topological polar surface area (TPSA) is 45.0 Å². The Morgan fingerprint density at radius 1 is 1.05 bits per heavy atom. The summed E-state index contributed by atoms with van der Waals surface area (Å²) in [6.45, 7) is 1.98. The Labute approximate surface area is 124 Å². The van der Waals surface area contributed by atoms with Crippen LogP contribution in [0.1, 0.15) is 30.1 Å². The van der Waals surface area contributed by atoms with Crippen LogP contribution in [-0.4, -0.2) is 7.11 Å². The van der Waals surface area contributed by atoms with Gasteiger partial charge in [-0.05, 0) is 42.3 Å². The minimum absolute atomic E-state index is 0.00870. The fourth-order valence-corrected chi connectivity index (χ4v) is 2.10. The molecule has 0 amide bonds. The molecule has 2 rings (SSSR count). The number of halogens is 1.